The number of anilines is 2. The topological polar surface area (TPSA) is 61.9 Å². The van der Waals surface area contributed by atoms with Crippen molar-refractivity contribution >= 4 is 23.3 Å². The van der Waals surface area contributed by atoms with Gasteiger partial charge in [-0.15, -0.1) is 0 Å². The van der Waals surface area contributed by atoms with Crippen molar-refractivity contribution in [1.29, 1.82) is 0 Å². The van der Waals surface area contributed by atoms with Gasteiger partial charge < -0.3 is 15.0 Å². The van der Waals surface area contributed by atoms with Crippen LogP contribution in [-0.2, 0) is 15.7 Å². The molecule has 1 fully saturated rings. The van der Waals surface area contributed by atoms with E-state index in [2.05, 4.69) is 5.32 Å². The molecule has 0 bridgehead atoms. The Bertz CT molecular complexity index is 910. The number of esters is 1. The van der Waals surface area contributed by atoms with Crippen molar-refractivity contribution in [3.63, 3.8) is 0 Å². The molecule has 1 aliphatic heterocycles. The molecule has 2 aromatic rings. The number of benzene rings is 2. The second-order valence-corrected chi connectivity index (χ2v) is 6.86. The van der Waals surface area contributed by atoms with Crippen LogP contribution in [0.4, 0.5) is 24.5 Å². The Morgan fingerprint density at radius 3 is 2.30 bits per heavy atom. The zero-order valence-electron chi connectivity index (χ0n) is 16.4. The third-order valence-electron chi connectivity index (χ3n) is 4.90. The highest BCUT2D eigenvalue weighted by Gasteiger charge is 2.35. The minimum absolute atomic E-state index is 0.0737. The molecular formula is C21H22F3N3O3. The van der Waals surface area contributed by atoms with Crippen molar-refractivity contribution in [3.8, 4) is 0 Å². The van der Waals surface area contributed by atoms with Crippen molar-refractivity contribution in [2.24, 2.45) is 0 Å². The largest absolute Gasteiger partial charge is 0.465 e. The van der Waals surface area contributed by atoms with E-state index in [9.17, 15) is 22.8 Å². The molecule has 1 amide bonds. The highest BCUT2D eigenvalue weighted by atomic mass is 19.4. The van der Waals surface area contributed by atoms with Crippen LogP contribution in [0.25, 0.3) is 0 Å². The number of hydrogen-bond donors (Lipinski definition) is 1. The van der Waals surface area contributed by atoms with E-state index in [-0.39, 0.29) is 23.7 Å². The smallest absolute Gasteiger partial charge is 0.418 e. The first kappa shape index (κ1) is 21.6. The van der Waals surface area contributed by atoms with Gasteiger partial charge in [0.2, 0.25) is 5.91 Å². The lowest BCUT2D eigenvalue weighted by Crippen LogP contribution is -2.49. The number of ether oxygens (including phenoxy) is 1. The molecule has 2 aromatic carbocycles. The van der Waals surface area contributed by atoms with E-state index in [0.29, 0.717) is 31.9 Å². The first-order valence-electron chi connectivity index (χ1n) is 9.40. The van der Waals surface area contributed by atoms with Crippen molar-refractivity contribution < 1.29 is 27.5 Å². The maximum Gasteiger partial charge on any atom is 0.418 e. The van der Waals surface area contributed by atoms with Gasteiger partial charge in [0.25, 0.3) is 0 Å². The van der Waals surface area contributed by atoms with Crippen molar-refractivity contribution in [1.82, 2.24) is 4.90 Å². The number of alkyl halides is 3. The number of piperazine rings is 1. The maximum absolute atomic E-state index is 13.3. The van der Waals surface area contributed by atoms with Crippen LogP contribution in [0.15, 0.2) is 48.5 Å². The van der Waals surface area contributed by atoms with Gasteiger partial charge in [-0.1, -0.05) is 24.3 Å². The van der Waals surface area contributed by atoms with Crippen molar-refractivity contribution in [2.75, 3.05) is 50.1 Å². The quantitative estimate of drug-likeness (QED) is 0.751. The number of hydrogen-bond acceptors (Lipinski definition) is 5. The number of carbonyl (C=O) groups is 2. The number of nitrogens with one attached hydrogen (secondary N) is 1. The molecule has 0 unspecified atom stereocenters. The van der Waals surface area contributed by atoms with Crippen LogP contribution in [-0.4, -0.2) is 56.6 Å². The van der Waals surface area contributed by atoms with Gasteiger partial charge in [0.1, 0.15) is 0 Å². The van der Waals surface area contributed by atoms with Gasteiger partial charge in [0, 0.05) is 31.9 Å². The second kappa shape index (κ2) is 9.17. The summed E-state index contributed by atoms with van der Waals surface area (Å²) < 4.78 is 44.5. The average molecular weight is 421 g/mol. The Morgan fingerprint density at radius 2 is 1.63 bits per heavy atom. The summed E-state index contributed by atoms with van der Waals surface area (Å²) in [6.07, 6.45) is -4.42. The molecule has 9 heteroatoms. The summed E-state index contributed by atoms with van der Waals surface area (Å²) in [5.41, 5.74) is 0.103. The van der Waals surface area contributed by atoms with E-state index in [1.54, 1.807) is 35.2 Å². The van der Waals surface area contributed by atoms with E-state index in [0.717, 1.165) is 6.07 Å². The highest BCUT2D eigenvalue weighted by molar-refractivity contribution is 6.01. The number of amides is 1. The molecule has 0 saturated carbocycles. The second-order valence-electron chi connectivity index (χ2n) is 6.86. The summed E-state index contributed by atoms with van der Waals surface area (Å²) >= 11 is 0. The van der Waals surface area contributed by atoms with Crippen LogP contribution in [0.3, 0.4) is 0 Å². The molecule has 0 spiro atoms. The molecule has 1 saturated heterocycles. The predicted octanol–water partition coefficient (Wildman–Crippen LogP) is 3.25. The molecule has 1 heterocycles. The van der Waals surface area contributed by atoms with Crippen LogP contribution < -0.4 is 10.2 Å². The average Bonchev–Trinajstić information content (AvgIpc) is 2.73. The van der Waals surface area contributed by atoms with Crippen LogP contribution >= 0.6 is 0 Å². The minimum atomic E-state index is -4.42. The molecule has 1 N–H and O–H groups in total. The minimum Gasteiger partial charge on any atom is -0.465 e. The normalized spacial score (nSPS) is 15.0. The Labute approximate surface area is 172 Å². The van der Waals surface area contributed by atoms with Gasteiger partial charge in [-0.2, -0.15) is 13.2 Å². The summed E-state index contributed by atoms with van der Waals surface area (Å²) in [7, 11) is 1.26. The van der Waals surface area contributed by atoms with E-state index < -0.39 is 17.7 Å². The van der Waals surface area contributed by atoms with Gasteiger partial charge in [-0.25, -0.2) is 4.79 Å². The van der Waals surface area contributed by atoms with Crippen molar-refractivity contribution in [3.05, 3.63) is 59.7 Å². The van der Waals surface area contributed by atoms with Gasteiger partial charge >= 0.3 is 12.1 Å². The fourth-order valence-electron chi connectivity index (χ4n) is 3.41. The van der Waals surface area contributed by atoms with Gasteiger partial charge in [0.15, 0.2) is 0 Å². The van der Waals surface area contributed by atoms with Gasteiger partial charge in [-0.3, -0.25) is 9.69 Å². The lowest BCUT2D eigenvalue weighted by Gasteiger charge is -2.36. The summed E-state index contributed by atoms with van der Waals surface area (Å²) in [6.45, 7) is 1.71. The monoisotopic (exact) mass is 421 g/mol. The molecular weight excluding hydrogens is 399 g/mol. The molecule has 0 radical (unpaired) electrons. The molecule has 160 valence electrons. The SMILES string of the molecule is COC(=O)c1ccccc1NC(=O)CN1CCN(c2ccccc2C(F)(F)F)CC1. The Morgan fingerprint density at radius 1 is 1.00 bits per heavy atom. The predicted molar refractivity (Wildman–Crippen MR) is 107 cm³/mol. The lowest BCUT2D eigenvalue weighted by atomic mass is 10.1. The zero-order chi connectivity index (χ0) is 21.7. The third kappa shape index (κ3) is 5.10. The first-order valence-corrected chi connectivity index (χ1v) is 9.40. The fraction of sp³-hybridized carbons (Fsp3) is 0.333. The molecule has 0 aliphatic carbocycles. The summed E-state index contributed by atoms with van der Waals surface area (Å²) in [4.78, 5) is 27.8. The van der Waals surface area contributed by atoms with Crippen LogP contribution in [0, 0.1) is 0 Å². The standard InChI is InChI=1S/C21H22F3N3O3/c1-30-20(29)15-6-2-4-8-17(15)25-19(28)14-26-10-12-27(13-11-26)18-9-5-3-7-16(18)21(22,23)24/h2-9H,10-14H2,1H3,(H,25,28). The number of para-hydroxylation sites is 2. The molecule has 1 aliphatic rings. The van der Waals surface area contributed by atoms with Crippen LogP contribution in [0.1, 0.15) is 15.9 Å². The summed E-state index contributed by atoms with van der Waals surface area (Å²) in [6, 6.07) is 12.0. The maximum atomic E-state index is 13.3. The molecule has 0 aromatic heterocycles. The number of methoxy groups -OCH3 is 1. The van der Waals surface area contributed by atoms with Gasteiger partial charge in [0.05, 0.1) is 30.5 Å². The molecule has 6 nitrogen and oxygen atoms in total. The zero-order valence-corrected chi connectivity index (χ0v) is 16.4. The van der Waals surface area contributed by atoms with Crippen LogP contribution in [0.2, 0.25) is 0 Å². The Kier molecular flexibility index (Phi) is 6.61. The number of nitrogens with zero attached hydrogens (tertiary/aromatic N) is 2. The van der Waals surface area contributed by atoms with E-state index in [1.807, 2.05) is 4.90 Å². The van der Waals surface area contributed by atoms with E-state index in [4.69, 9.17) is 4.74 Å². The summed E-state index contributed by atoms with van der Waals surface area (Å²) in [5, 5.41) is 2.70. The summed E-state index contributed by atoms with van der Waals surface area (Å²) in [5.74, 6) is -0.863. The van der Waals surface area contributed by atoms with Crippen LogP contribution in [0.5, 0.6) is 0 Å². The Hall–Kier alpha value is -3.07. The molecule has 3 rings (SSSR count). The van der Waals surface area contributed by atoms with E-state index in [1.165, 1.54) is 19.2 Å². The lowest BCUT2D eigenvalue weighted by molar-refractivity contribution is -0.137. The first-order chi connectivity index (χ1) is 14.3. The van der Waals surface area contributed by atoms with E-state index >= 15 is 0 Å². The highest BCUT2D eigenvalue weighted by Crippen LogP contribution is 2.36. The Balaban J connectivity index is 1.59. The fourth-order valence-corrected chi connectivity index (χ4v) is 3.41. The number of carbonyl (C=O) groups excluding carboxylic acids is 2. The molecule has 0 atom stereocenters. The third-order valence-corrected chi connectivity index (χ3v) is 4.90. The number of rotatable bonds is 5. The molecule has 30 heavy (non-hydrogen) atoms. The van der Waals surface area contributed by atoms with Crippen molar-refractivity contribution in [2.45, 2.75) is 6.18 Å². The number of halogens is 3. The van der Waals surface area contributed by atoms with Gasteiger partial charge in [-0.05, 0) is 24.3 Å².